The van der Waals surface area contributed by atoms with Gasteiger partial charge in [-0.25, -0.2) is 0 Å². The minimum atomic E-state index is -0.496. The predicted octanol–water partition coefficient (Wildman–Crippen LogP) is 8.17. The maximum atomic E-state index is 13.7. The van der Waals surface area contributed by atoms with Gasteiger partial charge >= 0.3 is 0 Å². The number of benzene rings is 2. The van der Waals surface area contributed by atoms with Crippen LogP contribution in [0, 0.1) is 10.8 Å². The molecule has 0 N–H and O–H groups in total. The average molecular weight is 606 g/mol. The quantitative estimate of drug-likeness (QED) is 0.298. The number of hydrogen-bond donors (Lipinski definition) is 0. The summed E-state index contributed by atoms with van der Waals surface area (Å²) in [6.45, 7) is 12.7. The van der Waals surface area contributed by atoms with E-state index in [9.17, 15) is 9.59 Å². The van der Waals surface area contributed by atoms with Crippen molar-refractivity contribution in [3.05, 3.63) is 92.9 Å². The first-order valence-electron chi connectivity index (χ1n) is 13.8. The predicted molar refractivity (Wildman–Crippen MR) is 159 cm³/mol. The second kappa shape index (κ2) is 10.7. The second-order valence-electron chi connectivity index (χ2n) is 12.7. The summed E-state index contributed by atoms with van der Waals surface area (Å²) >= 11 is 3.48. The molecule has 0 atom stereocenters. The van der Waals surface area contributed by atoms with Gasteiger partial charge in [0, 0.05) is 52.8 Å². The molecular weight excluding hydrogens is 568 g/mol. The van der Waals surface area contributed by atoms with Gasteiger partial charge in [0.15, 0.2) is 23.1 Å². The minimum absolute atomic E-state index is 0.0419. The monoisotopic (exact) mass is 604 g/mol. The van der Waals surface area contributed by atoms with Gasteiger partial charge in [-0.1, -0.05) is 67.9 Å². The lowest BCUT2D eigenvalue weighted by Crippen LogP contribution is -2.37. The molecule has 0 unspecified atom stereocenters. The summed E-state index contributed by atoms with van der Waals surface area (Å²) < 4.78 is 19.6. The van der Waals surface area contributed by atoms with Crippen molar-refractivity contribution >= 4 is 27.5 Å². The van der Waals surface area contributed by atoms with Crippen LogP contribution in [0.2, 0.25) is 0 Å². The molecule has 0 fully saturated rings. The first kappa shape index (κ1) is 28.4. The van der Waals surface area contributed by atoms with Crippen LogP contribution in [0.25, 0.3) is 0 Å². The van der Waals surface area contributed by atoms with E-state index < -0.39 is 5.92 Å². The number of ether oxygens (including phenoxy) is 3. The minimum Gasteiger partial charge on any atom is -0.493 e. The van der Waals surface area contributed by atoms with E-state index in [1.165, 1.54) is 0 Å². The Balaban J connectivity index is 1.64. The van der Waals surface area contributed by atoms with Gasteiger partial charge in [0.25, 0.3) is 0 Å². The van der Waals surface area contributed by atoms with Crippen molar-refractivity contribution in [2.45, 2.75) is 72.3 Å². The van der Waals surface area contributed by atoms with Crippen LogP contribution in [0.4, 0.5) is 0 Å². The molecule has 1 heterocycles. The van der Waals surface area contributed by atoms with Crippen LogP contribution in [0.15, 0.2) is 76.2 Å². The number of carbonyl (C=O) groups excluding carboxylic acids is 2. The highest BCUT2D eigenvalue weighted by molar-refractivity contribution is 9.10. The number of allylic oxidation sites excluding steroid dienone is 5. The van der Waals surface area contributed by atoms with E-state index in [0.29, 0.717) is 72.9 Å². The van der Waals surface area contributed by atoms with Crippen molar-refractivity contribution in [1.29, 1.82) is 0 Å². The van der Waals surface area contributed by atoms with E-state index in [1.807, 2.05) is 42.5 Å². The van der Waals surface area contributed by atoms with E-state index in [4.69, 9.17) is 14.2 Å². The van der Waals surface area contributed by atoms with Crippen LogP contribution in [-0.4, -0.2) is 18.7 Å². The first-order valence-corrected chi connectivity index (χ1v) is 14.6. The van der Waals surface area contributed by atoms with Crippen molar-refractivity contribution in [1.82, 2.24) is 0 Å². The molecule has 0 amide bonds. The molecule has 0 aromatic heterocycles. The van der Waals surface area contributed by atoms with Gasteiger partial charge in [0.1, 0.15) is 18.1 Å². The number of halogens is 1. The molecule has 2 aromatic carbocycles. The summed E-state index contributed by atoms with van der Waals surface area (Å²) in [7, 11) is 1.62. The Morgan fingerprint density at radius 2 is 1.52 bits per heavy atom. The van der Waals surface area contributed by atoms with Crippen molar-refractivity contribution in [3.8, 4) is 11.5 Å². The van der Waals surface area contributed by atoms with Crippen molar-refractivity contribution in [2.75, 3.05) is 7.11 Å². The molecule has 1 aliphatic heterocycles. The lowest BCUT2D eigenvalue weighted by Gasteiger charge is -2.42. The molecule has 6 heteroatoms. The van der Waals surface area contributed by atoms with Gasteiger partial charge < -0.3 is 14.2 Å². The van der Waals surface area contributed by atoms with E-state index in [0.717, 1.165) is 21.2 Å². The smallest absolute Gasteiger partial charge is 0.165 e. The highest BCUT2D eigenvalue weighted by atomic mass is 79.9. The molecule has 5 rings (SSSR count). The van der Waals surface area contributed by atoms with Crippen molar-refractivity contribution in [2.24, 2.45) is 10.8 Å². The Bertz CT molecular complexity index is 1390. The van der Waals surface area contributed by atoms with Gasteiger partial charge in [-0.2, -0.15) is 0 Å². The van der Waals surface area contributed by atoms with Gasteiger partial charge in [-0.15, -0.1) is 6.58 Å². The number of Topliss-reactive ketones (excluding diaryl/α,β-unsaturated/α-hetero) is 2. The Kier molecular flexibility index (Phi) is 7.60. The lowest BCUT2D eigenvalue weighted by atomic mass is 9.65. The van der Waals surface area contributed by atoms with Gasteiger partial charge in [0.2, 0.25) is 0 Å². The Hall–Kier alpha value is -3.12. The van der Waals surface area contributed by atoms with Crippen LogP contribution < -0.4 is 9.47 Å². The summed E-state index contributed by atoms with van der Waals surface area (Å²) in [5.74, 6) is 2.20. The fourth-order valence-electron chi connectivity index (χ4n) is 6.22. The molecule has 2 aliphatic carbocycles. The van der Waals surface area contributed by atoms with Gasteiger partial charge in [-0.05, 0) is 46.6 Å². The molecule has 40 heavy (non-hydrogen) atoms. The summed E-state index contributed by atoms with van der Waals surface area (Å²) in [6, 6.07) is 12.0. The largest absolute Gasteiger partial charge is 0.493 e. The zero-order chi connectivity index (χ0) is 28.8. The zero-order valence-corrected chi connectivity index (χ0v) is 25.6. The Morgan fingerprint density at radius 3 is 2.05 bits per heavy atom. The summed E-state index contributed by atoms with van der Waals surface area (Å²) in [6.07, 6.45) is 4.51. The normalized spacial score (nSPS) is 20.1. The molecule has 0 bridgehead atoms. The maximum Gasteiger partial charge on any atom is 0.165 e. The standard InChI is InChI=1S/C34H37BrO5/c1-7-8-21-13-22(14-26(38-6)32(21)39-19-20-9-11-23(35)12-10-20)29-30-24(36)15-33(2,3)17-27(30)40-28-18-34(4,5)16-25(37)31(28)29/h7,9-14,29H,1,8,15-19H2,2-6H3. The summed E-state index contributed by atoms with van der Waals surface area (Å²) in [5.41, 5.74) is 3.58. The number of carbonyl (C=O) groups is 2. The number of ketones is 2. The van der Waals surface area contributed by atoms with E-state index in [-0.39, 0.29) is 22.4 Å². The molecule has 2 aromatic rings. The maximum absolute atomic E-state index is 13.7. The van der Waals surface area contributed by atoms with Gasteiger partial charge in [-0.3, -0.25) is 9.59 Å². The molecule has 0 spiro atoms. The highest BCUT2D eigenvalue weighted by Crippen LogP contribution is 2.54. The number of methoxy groups -OCH3 is 1. The van der Waals surface area contributed by atoms with Crippen molar-refractivity contribution < 1.29 is 23.8 Å². The van der Waals surface area contributed by atoms with Crippen LogP contribution in [-0.2, 0) is 27.4 Å². The number of hydrogen-bond acceptors (Lipinski definition) is 5. The average Bonchev–Trinajstić information content (AvgIpc) is 2.86. The Morgan fingerprint density at radius 1 is 0.950 bits per heavy atom. The van der Waals surface area contributed by atoms with E-state index in [1.54, 1.807) is 7.11 Å². The first-order chi connectivity index (χ1) is 18.9. The summed E-state index contributed by atoms with van der Waals surface area (Å²) in [5, 5.41) is 0. The SMILES string of the molecule is C=CCc1cc(C2C3=C(CC(C)(C)CC3=O)OC3=C2C(=O)CC(C)(C)C3)cc(OC)c1OCc1ccc(Br)cc1. The van der Waals surface area contributed by atoms with E-state index in [2.05, 4.69) is 50.2 Å². The molecule has 0 saturated carbocycles. The van der Waals surface area contributed by atoms with Crippen LogP contribution in [0.3, 0.4) is 0 Å². The van der Waals surface area contributed by atoms with Crippen molar-refractivity contribution in [3.63, 3.8) is 0 Å². The molecular formula is C34H37BrO5. The summed E-state index contributed by atoms with van der Waals surface area (Å²) in [4.78, 5) is 27.4. The van der Waals surface area contributed by atoms with Crippen LogP contribution >= 0.6 is 15.9 Å². The number of rotatable bonds is 7. The molecule has 210 valence electrons. The van der Waals surface area contributed by atoms with Crippen LogP contribution in [0.5, 0.6) is 11.5 Å². The molecule has 3 aliphatic rings. The third-order valence-electron chi connectivity index (χ3n) is 7.95. The molecule has 5 nitrogen and oxygen atoms in total. The fourth-order valence-corrected chi connectivity index (χ4v) is 6.48. The van der Waals surface area contributed by atoms with Gasteiger partial charge in [0.05, 0.1) is 7.11 Å². The van der Waals surface area contributed by atoms with E-state index >= 15 is 0 Å². The fraction of sp³-hybridized carbons (Fsp3) is 0.412. The molecule has 0 radical (unpaired) electrons. The topological polar surface area (TPSA) is 61.8 Å². The zero-order valence-electron chi connectivity index (χ0n) is 24.0. The second-order valence-corrected chi connectivity index (χ2v) is 13.6. The Labute approximate surface area is 245 Å². The molecule has 0 saturated heterocycles. The highest BCUT2D eigenvalue weighted by Gasteiger charge is 2.48. The third kappa shape index (κ3) is 5.56. The lowest BCUT2D eigenvalue weighted by molar-refractivity contribution is -0.120. The van der Waals surface area contributed by atoms with Crippen LogP contribution in [0.1, 0.15) is 76.0 Å². The third-order valence-corrected chi connectivity index (χ3v) is 8.48.